The SMILES string of the molecule is CCCNc1nc(SC)nc(NCC)c1[N+](=O)[O-]. The van der Waals surface area contributed by atoms with Gasteiger partial charge in [-0.1, -0.05) is 18.7 Å². The number of nitro groups is 1. The molecule has 18 heavy (non-hydrogen) atoms. The van der Waals surface area contributed by atoms with Crippen LogP contribution in [0.2, 0.25) is 0 Å². The van der Waals surface area contributed by atoms with Gasteiger partial charge in [0.1, 0.15) is 0 Å². The fraction of sp³-hybridized carbons (Fsp3) is 0.600. The van der Waals surface area contributed by atoms with Crippen LogP contribution in [-0.4, -0.2) is 34.2 Å². The predicted molar refractivity (Wildman–Crippen MR) is 73.4 cm³/mol. The first-order chi connectivity index (χ1) is 8.63. The van der Waals surface area contributed by atoms with Crippen LogP contribution in [0.25, 0.3) is 0 Å². The fourth-order valence-corrected chi connectivity index (χ4v) is 1.72. The van der Waals surface area contributed by atoms with Gasteiger partial charge in [0.05, 0.1) is 4.92 Å². The van der Waals surface area contributed by atoms with Gasteiger partial charge in [0, 0.05) is 13.1 Å². The van der Waals surface area contributed by atoms with Crippen molar-refractivity contribution in [1.82, 2.24) is 9.97 Å². The van der Waals surface area contributed by atoms with Gasteiger partial charge in [-0.25, -0.2) is 0 Å². The Morgan fingerprint density at radius 1 is 1.28 bits per heavy atom. The fourth-order valence-electron chi connectivity index (χ4n) is 1.36. The van der Waals surface area contributed by atoms with Crippen LogP contribution >= 0.6 is 11.8 Å². The summed E-state index contributed by atoms with van der Waals surface area (Å²) in [5.41, 5.74) is -0.0944. The van der Waals surface area contributed by atoms with Crippen LogP contribution in [-0.2, 0) is 0 Å². The standard InChI is InChI=1S/C10H17N5O2S/c1-4-6-12-9-7(15(16)17)8(11-5-2)13-10(14-9)18-3/h4-6H2,1-3H3,(H2,11,12,13,14). The third kappa shape index (κ3) is 3.46. The summed E-state index contributed by atoms with van der Waals surface area (Å²) < 4.78 is 0. The number of thioether (sulfide) groups is 1. The summed E-state index contributed by atoms with van der Waals surface area (Å²) in [6.45, 7) is 5.06. The lowest BCUT2D eigenvalue weighted by Crippen LogP contribution is -2.11. The first kappa shape index (κ1) is 14.5. The summed E-state index contributed by atoms with van der Waals surface area (Å²) in [6.07, 6.45) is 2.70. The third-order valence-corrected chi connectivity index (χ3v) is 2.66. The minimum atomic E-state index is -0.458. The highest BCUT2D eigenvalue weighted by Gasteiger charge is 2.24. The molecule has 0 aliphatic heterocycles. The zero-order valence-corrected chi connectivity index (χ0v) is 11.5. The highest BCUT2D eigenvalue weighted by atomic mass is 32.2. The lowest BCUT2D eigenvalue weighted by molar-refractivity contribution is -0.383. The molecule has 0 aromatic carbocycles. The second-order valence-corrected chi connectivity index (χ2v) is 4.24. The summed E-state index contributed by atoms with van der Waals surface area (Å²) in [5.74, 6) is 0.539. The average Bonchev–Trinajstić information content (AvgIpc) is 2.35. The van der Waals surface area contributed by atoms with Crippen molar-refractivity contribution in [2.45, 2.75) is 25.4 Å². The van der Waals surface area contributed by atoms with E-state index in [0.29, 0.717) is 18.2 Å². The Hall–Kier alpha value is -1.57. The number of anilines is 2. The zero-order chi connectivity index (χ0) is 13.5. The normalized spacial score (nSPS) is 10.2. The monoisotopic (exact) mass is 271 g/mol. The van der Waals surface area contributed by atoms with Crippen LogP contribution in [0.1, 0.15) is 20.3 Å². The number of aromatic nitrogens is 2. The Morgan fingerprint density at radius 3 is 2.33 bits per heavy atom. The van der Waals surface area contributed by atoms with Gasteiger partial charge in [0.2, 0.25) is 11.6 Å². The summed E-state index contributed by atoms with van der Waals surface area (Å²) in [7, 11) is 0. The van der Waals surface area contributed by atoms with Crippen LogP contribution in [0.15, 0.2) is 5.16 Å². The second-order valence-electron chi connectivity index (χ2n) is 3.47. The van der Waals surface area contributed by atoms with Crippen molar-refractivity contribution < 1.29 is 4.92 Å². The van der Waals surface area contributed by atoms with Crippen molar-refractivity contribution >= 4 is 29.1 Å². The molecule has 2 N–H and O–H groups in total. The van der Waals surface area contributed by atoms with Crippen LogP contribution in [0.3, 0.4) is 0 Å². The smallest absolute Gasteiger partial charge is 0.353 e. The molecule has 1 rings (SSSR count). The Bertz CT molecular complexity index is 427. The molecule has 0 unspecified atom stereocenters. The first-order valence-corrected chi connectivity index (χ1v) is 6.94. The molecule has 1 aromatic rings. The minimum Gasteiger partial charge on any atom is -0.364 e. The molecule has 0 radical (unpaired) electrons. The maximum Gasteiger partial charge on any atom is 0.353 e. The van der Waals surface area contributed by atoms with Crippen LogP contribution in [0, 0.1) is 10.1 Å². The molecule has 0 aliphatic carbocycles. The van der Waals surface area contributed by atoms with E-state index >= 15 is 0 Å². The molecule has 1 heterocycles. The van der Waals surface area contributed by atoms with Crippen molar-refractivity contribution in [3.8, 4) is 0 Å². The van der Waals surface area contributed by atoms with Gasteiger partial charge in [-0.05, 0) is 19.6 Å². The van der Waals surface area contributed by atoms with Gasteiger partial charge < -0.3 is 10.6 Å². The predicted octanol–water partition coefficient (Wildman–Crippen LogP) is 2.36. The van der Waals surface area contributed by atoms with Crippen molar-refractivity contribution in [1.29, 1.82) is 0 Å². The van der Waals surface area contributed by atoms with E-state index in [0.717, 1.165) is 6.42 Å². The second kappa shape index (κ2) is 7.00. The summed E-state index contributed by atoms with van der Waals surface area (Å²) in [4.78, 5) is 18.9. The highest BCUT2D eigenvalue weighted by molar-refractivity contribution is 7.98. The molecule has 8 heteroatoms. The Labute approximate surface area is 110 Å². The van der Waals surface area contributed by atoms with E-state index in [4.69, 9.17) is 0 Å². The lowest BCUT2D eigenvalue weighted by atomic mass is 10.4. The van der Waals surface area contributed by atoms with E-state index in [9.17, 15) is 10.1 Å². The molecule has 0 bridgehead atoms. The van der Waals surface area contributed by atoms with E-state index in [1.807, 2.05) is 20.1 Å². The zero-order valence-electron chi connectivity index (χ0n) is 10.7. The Morgan fingerprint density at radius 2 is 1.89 bits per heavy atom. The van der Waals surface area contributed by atoms with E-state index in [1.54, 1.807) is 0 Å². The topological polar surface area (TPSA) is 93.0 Å². The van der Waals surface area contributed by atoms with Gasteiger partial charge >= 0.3 is 5.69 Å². The van der Waals surface area contributed by atoms with Gasteiger partial charge in [0.25, 0.3) is 0 Å². The Kier molecular flexibility index (Phi) is 5.63. The van der Waals surface area contributed by atoms with Crippen LogP contribution < -0.4 is 10.6 Å². The maximum atomic E-state index is 11.1. The molecule has 0 atom stereocenters. The minimum absolute atomic E-state index is 0.0944. The maximum absolute atomic E-state index is 11.1. The summed E-state index contributed by atoms with van der Waals surface area (Å²) in [5, 5.41) is 17.5. The summed E-state index contributed by atoms with van der Waals surface area (Å²) >= 11 is 1.35. The van der Waals surface area contributed by atoms with Crippen molar-refractivity contribution in [3.05, 3.63) is 10.1 Å². The summed E-state index contributed by atoms with van der Waals surface area (Å²) in [6, 6.07) is 0. The molecule has 0 aliphatic rings. The van der Waals surface area contributed by atoms with Gasteiger partial charge in [-0.3, -0.25) is 10.1 Å². The van der Waals surface area contributed by atoms with Gasteiger partial charge in [0.15, 0.2) is 5.16 Å². The van der Waals surface area contributed by atoms with Crippen molar-refractivity contribution in [2.24, 2.45) is 0 Å². The van der Waals surface area contributed by atoms with E-state index < -0.39 is 4.92 Å². The number of nitrogens with zero attached hydrogens (tertiary/aromatic N) is 3. The largest absolute Gasteiger partial charge is 0.364 e. The molecule has 0 saturated heterocycles. The lowest BCUT2D eigenvalue weighted by Gasteiger charge is -2.10. The van der Waals surface area contributed by atoms with Crippen LogP contribution in [0.4, 0.5) is 17.3 Å². The van der Waals surface area contributed by atoms with Gasteiger partial charge in [-0.2, -0.15) is 9.97 Å². The molecule has 0 fully saturated rings. The molecule has 7 nitrogen and oxygen atoms in total. The first-order valence-electron chi connectivity index (χ1n) is 5.72. The molecule has 1 aromatic heterocycles. The van der Waals surface area contributed by atoms with Gasteiger partial charge in [-0.15, -0.1) is 0 Å². The molecule has 0 spiro atoms. The van der Waals surface area contributed by atoms with Crippen molar-refractivity contribution in [2.75, 3.05) is 30.0 Å². The number of rotatable bonds is 7. The molecule has 100 valence electrons. The van der Waals surface area contributed by atoms with E-state index in [-0.39, 0.29) is 17.3 Å². The average molecular weight is 271 g/mol. The van der Waals surface area contributed by atoms with Crippen LogP contribution in [0.5, 0.6) is 0 Å². The molecular weight excluding hydrogens is 254 g/mol. The number of hydrogen-bond donors (Lipinski definition) is 2. The molecular formula is C10H17N5O2S. The molecule has 0 amide bonds. The third-order valence-electron chi connectivity index (χ3n) is 2.12. The quantitative estimate of drug-likeness (QED) is 0.340. The van der Waals surface area contributed by atoms with Crippen molar-refractivity contribution in [3.63, 3.8) is 0 Å². The number of hydrogen-bond acceptors (Lipinski definition) is 7. The van der Waals surface area contributed by atoms with E-state index in [1.165, 1.54) is 11.8 Å². The Balaban J connectivity index is 3.25. The van der Waals surface area contributed by atoms with E-state index in [2.05, 4.69) is 20.6 Å². The number of nitrogens with one attached hydrogen (secondary N) is 2. The molecule has 0 saturated carbocycles. The highest BCUT2D eigenvalue weighted by Crippen LogP contribution is 2.31.